The number of nitrogens with zero attached hydrogens (tertiary/aromatic N) is 1. The molecule has 1 aliphatic rings. The van der Waals surface area contributed by atoms with Crippen molar-refractivity contribution in [2.45, 2.75) is 45.1 Å². The summed E-state index contributed by atoms with van der Waals surface area (Å²) >= 11 is 0. The van der Waals surface area contributed by atoms with E-state index in [0.717, 1.165) is 44.1 Å². The van der Waals surface area contributed by atoms with Gasteiger partial charge in [-0.1, -0.05) is 13.3 Å². The van der Waals surface area contributed by atoms with Crippen molar-refractivity contribution in [3.05, 3.63) is 29.3 Å². The van der Waals surface area contributed by atoms with Crippen LogP contribution in [0.4, 0.5) is 14.5 Å². The van der Waals surface area contributed by atoms with Gasteiger partial charge in [0.05, 0.1) is 11.3 Å². The number of halogens is 2. The van der Waals surface area contributed by atoms with Gasteiger partial charge in [0.1, 0.15) is 11.6 Å². The molecule has 1 aliphatic carbocycles. The summed E-state index contributed by atoms with van der Waals surface area (Å²) in [7, 11) is 1.68. The molecule has 1 aromatic carbocycles. The van der Waals surface area contributed by atoms with Crippen LogP contribution in [0.3, 0.4) is 0 Å². The summed E-state index contributed by atoms with van der Waals surface area (Å²) in [6, 6.07) is 1.87. The van der Waals surface area contributed by atoms with Crippen molar-refractivity contribution in [1.82, 2.24) is 4.90 Å². The van der Waals surface area contributed by atoms with Gasteiger partial charge in [-0.15, -0.1) is 0 Å². The second kappa shape index (κ2) is 6.41. The zero-order chi connectivity index (χ0) is 15.6. The lowest BCUT2D eigenvalue weighted by Crippen LogP contribution is -2.39. The summed E-state index contributed by atoms with van der Waals surface area (Å²) in [5.74, 6) is -1.40. The van der Waals surface area contributed by atoms with Crippen molar-refractivity contribution >= 4 is 11.6 Å². The first-order chi connectivity index (χ1) is 9.93. The normalized spacial score (nSPS) is 22.1. The minimum atomic E-state index is -0.860. The molecule has 1 saturated carbocycles. The summed E-state index contributed by atoms with van der Waals surface area (Å²) in [6.45, 7) is 2.18. The van der Waals surface area contributed by atoms with E-state index in [2.05, 4.69) is 6.92 Å². The summed E-state index contributed by atoms with van der Waals surface area (Å²) in [5, 5.41) is 0. The van der Waals surface area contributed by atoms with E-state index in [9.17, 15) is 13.6 Å². The van der Waals surface area contributed by atoms with Gasteiger partial charge in [0.15, 0.2) is 0 Å². The molecule has 21 heavy (non-hydrogen) atoms. The van der Waals surface area contributed by atoms with Crippen LogP contribution in [0.1, 0.15) is 49.4 Å². The maximum atomic E-state index is 13.8. The largest absolute Gasteiger partial charge is 0.396 e. The topological polar surface area (TPSA) is 46.3 Å². The first-order valence-corrected chi connectivity index (χ1v) is 7.45. The van der Waals surface area contributed by atoms with Crippen LogP contribution in [0.25, 0.3) is 0 Å². The number of hydrogen-bond donors (Lipinski definition) is 1. The molecule has 0 atom stereocenters. The molecule has 0 unspecified atom stereocenters. The predicted octanol–water partition coefficient (Wildman–Crippen LogP) is 3.59. The zero-order valence-corrected chi connectivity index (χ0v) is 12.5. The number of carbonyl (C=O) groups excluding carboxylic acids is 1. The van der Waals surface area contributed by atoms with Crippen molar-refractivity contribution in [2.75, 3.05) is 12.8 Å². The molecule has 1 aromatic rings. The highest BCUT2D eigenvalue weighted by molar-refractivity contribution is 5.95. The molecule has 2 N–H and O–H groups in total. The molecule has 0 radical (unpaired) electrons. The van der Waals surface area contributed by atoms with Crippen molar-refractivity contribution < 1.29 is 13.6 Å². The highest BCUT2D eigenvalue weighted by atomic mass is 19.1. The number of amides is 1. The van der Waals surface area contributed by atoms with Crippen LogP contribution in [-0.4, -0.2) is 23.9 Å². The van der Waals surface area contributed by atoms with E-state index in [0.29, 0.717) is 6.07 Å². The van der Waals surface area contributed by atoms with E-state index in [1.54, 1.807) is 11.9 Å². The minimum Gasteiger partial charge on any atom is -0.396 e. The van der Waals surface area contributed by atoms with Gasteiger partial charge in [0, 0.05) is 19.2 Å². The van der Waals surface area contributed by atoms with Gasteiger partial charge in [-0.05, 0) is 37.7 Å². The Bertz CT molecular complexity index is 525. The van der Waals surface area contributed by atoms with Crippen LogP contribution in [0.15, 0.2) is 12.1 Å². The molecule has 0 aliphatic heterocycles. The molecule has 1 fully saturated rings. The second-order valence-corrected chi connectivity index (χ2v) is 5.85. The molecule has 116 valence electrons. The van der Waals surface area contributed by atoms with Gasteiger partial charge >= 0.3 is 0 Å². The Hall–Kier alpha value is -1.65. The number of anilines is 1. The first kappa shape index (κ1) is 15.7. The van der Waals surface area contributed by atoms with Gasteiger partial charge in [-0.3, -0.25) is 4.79 Å². The van der Waals surface area contributed by atoms with Crippen molar-refractivity contribution in [3.8, 4) is 0 Å². The molecule has 0 aromatic heterocycles. The van der Waals surface area contributed by atoms with Crippen molar-refractivity contribution in [3.63, 3.8) is 0 Å². The average Bonchev–Trinajstić information content (AvgIpc) is 2.49. The third-order valence-electron chi connectivity index (χ3n) is 4.58. The molecular weight excluding hydrogens is 274 g/mol. The molecule has 1 amide bonds. The Labute approximate surface area is 124 Å². The third-order valence-corrected chi connectivity index (χ3v) is 4.58. The zero-order valence-electron chi connectivity index (χ0n) is 12.5. The van der Waals surface area contributed by atoms with Gasteiger partial charge in [-0.2, -0.15) is 0 Å². The Morgan fingerprint density at radius 1 is 1.24 bits per heavy atom. The lowest BCUT2D eigenvalue weighted by Gasteiger charge is -2.34. The maximum Gasteiger partial charge on any atom is 0.256 e. The maximum absolute atomic E-state index is 13.8. The van der Waals surface area contributed by atoms with Crippen LogP contribution in [-0.2, 0) is 0 Å². The summed E-state index contributed by atoms with van der Waals surface area (Å²) < 4.78 is 27.0. The van der Waals surface area contributed by atoms with Crippen LogP contribution in [0.5, 0.6) is 0 Å². The van der Waals surface area contributed by atoms with Gasteiger partial charge in [-0.25, -0.2) is 8.78 Å². The Morgan fingerprint density at radius 2 is 1.86 bits per heavy atom. The molecule has 0 spiro atoms. The fourth-order valence-corrected chi connectivity index (χ4v) is 3.03. The SMILES string of the molecule is CCC1CCC(N(C)C(=O)c2cc(N)c(F)cc2F)CC1. The number of hydrogen-bond acceptors (Lipinski definition) is 2. The monoisotopic (exact) mass is 296 g/mol. The minimum absolute atomic E-state index is 0.117. The Balaban J connectivity index is 2.11. The summed E-state index contributed by atoms with van der Waals surface area (Å²) in [5.41, 5.74) is 5.07. The van der Waals surface area contributed by atoms with E-state index in [4.69, 9.17) is 5.73 Å². The Morgan fingerprint density at radius 3 is 2.43 bits per heavy atom. The number of nitrogens with two attached hydrogens (primary N) is 1. The molecule has 5 heteroatoms. The second-order valence-electron chi connectivity index (χ2n) is 5.85. The van der Waals surface area contributed by atoms with Crippen molar-refractivity contribution in [1.29, 1.82) is 0 Å². The quantitative estimate of drug-likeness (QED) is 0.866. The van der Waals surface area contributed by atoms with E-state index < -0.39 is 17.5 Å². The van der Waals surface area contributed by atoms with E-state index in [-0.39, 0.29) is 17.3 Å². The van der Waals surface area contributed by atoms with Gasteiger partial charge < -0.3 is 10.6 Å². The van der Waals surface area contributed by atoms with Crippen LogP contribution >= 0.6 is 0 Å². The van der Waals surface area contributed by atoms with Crippen LogP contribution in [0, 0.1) is 17.6 Å². The summed E-state index contributed by atoms with van der Waals surface area (Å²) in [6.07, 6.45) is 5.20. The lowest BCUT2D eigenvalue weighted by molar-refractivity contribution is 0.0670. The average molecular weight is 296 g/mol. The highest BCUT2D eigenvalue weighted by Crippen LogP contribution is 2.30. The number of carbonyl (C=O) groups is 1. The predicted molar refractivity (Wildman–Crippen MR) is 78.9 cm³/mol. The smallest absolute Gasteiger partial charge is 0.256 e. The lowest BCUT2D eigenvalue weighted by atomic mass is 9.84. The molecule has 0 heterocycles. The third kappa shape index (κ3) is 3.34. The van der Waals surface area contributed by atoms with Gasteiger partial charge in [0.2, 0.25) is 0 Å². The van der Waals surface area contributed by atoms with E-state index in [1.807, 2.05) is 0 Å². The fraction of sp³-hybridized carbons (Fsp3) is 0.562. The standard InChI is InChI=1S/C16H22F2N2O/c1-3-10-4-6-11(7-5-10)20(2)16(21)12-8-15(19)14(18)9-13(12)17/h8-11H,3-7,19H2,1-2H3. The fourth-order valence-electron chi connectivity index (χ4n) is 3.03. The molecular formula is C16H22F2N2O. The van der Waals surface area contributed by atoms with E-state index >= 15 is 0 Å². The van der Waals surface area contributed by atoms with Crippen LogP contribution < -0.4 is 5.73 Å². The number of benzene rings is 1. The highest BCUT2D eigenvalue weighted by Gasteiger charge is 2.28. The van der Waals surface area contributed by atoms with E-state index in [1.165, 1.54) is 0 Å². The Kier molecular flexibility index (Phi) is 4.80. The summed E-state index contributed by atoms with van der Waals surface area (Å²) in [4.78, 5) is 14.0. The van der Waals surface area contributed by atoms with Gasteiger partial charge in [0.25, 0.3) is 5.91 Å². The molecule has 2 rings (SSSR count). The molecule has 0 bridgehead atoms. The molecule has 3 nitrogen and oxygen atoms in total. The van der Waals surface area contributed by atoms with Crippen LogP contribution in [0.2, 0.25) is 0 Å². The van der Waals surface area contributed by atoms with Crippen molar-refractivity contribution in [2.24, 2.45) is 5.92 Å². The molecule has 0 saturated heterocycles. The number of nitrogen functional groups attached to an aromatic ring is 1. The first-order valence-electron chi connectivity index (χ1n) is 7.45. The number of rotatable bonds is 3.